The minimum absolute atomic E-state index is 0.107. The largest absolute Gasteiger partial charge is 0.368 e. The number of likely N-dealkylation sites (N-methyl/N-ethyl adjacent to an activating group) is 1. The quantitative estimate of drug-likeness (QED) is 0.807. The van der Waals surface area contributed by atoms with Gasteiger partial charge in [-0.2, -0.15) is 0 Å². The first-order chi connectivity index (χ1) is 7.86. The van der Waals surface area contributed by atoms with Gasteiger partial charge in [-0.15, -0.1) is 0 Å². The Morgan fingerprint density at radius 1 is 1.41 bits per heavy atom. The molecular weight excluding hydrogens is 236 g/mol. The summed E-state index contributed by atoms with van der Waals surface area (Å²) in [5.41, 5.74) is 8.42. The van der Waals surface area contributed by atoms with Crippen molar-refractivity contribution in [3.05, 3.63) is 23.3 Å². The molecule has 0 radical (unpaired) electrons. The van der Waals surface area contributed by atoms with Crippen LogP contribution in [0, 0.1) is 13.8 Å². The second-order valence-electron chi connectivity index (χ2n) is 4.71. The molecule has 0 saturated carbocycles. The van der Waals surface area contributed by atoms with Crippen LogP contribution in [0.2, 0.25) is 0 Å². The SMILES string of the molecule is Cc1cc(C)c2c(c1)S(=O)(=O)CC(CN)N2C. The Bertz CT molecular complexity index is 552. The minimum Gasteiger partial charge on any atom is -0.368 e. The average molecular weight is 254 g/mol. The highest BCUT2D eigenvalue weighted by molar-refractivity contribution is 7.91. The lowest BCUT2D eigenvalue weighted by molar-refractivity contribution is 0.572. The van der Waals surface area contributed by atoms with E-state index in [9.17, 15) is 8.42 Å². The van der Waals surface area contributed by atoms with Crippen LogP contribution in [0.4, 0.5) is 5.69 Å². The number of sulfone groups is 1. The Labute approximate surface area is 102 Å². The van der Waals surface area contributed by atoms with Crippen molar-refractivity contribution in [3.63, 3.8) is 0 Å². The van der Waals surface area contributed by atoms with Crippen LogP contribution in [0.1, 0.15) is 11.1 Å². The highest BCUT2D eigenvalue weighted by Gasteiger charge is 2.34. The van der Waals surface area contributed by atoms with Crippen LogP contribution < -0.4 is 10.6 Å². The van der Waals surface area contributed by atoms with Gasteiger partial charge >= 0.3 is 0 Å². The first kappa shape index (κ1) is 12.4. The number of nitrogens with two attached hydrogens (primary N) is 1. The number of fused-ring (bicyclic) bond motifs is 1. The molecule has 0 bridgehead atoms. The number of anilines is 1. The molecular formula is C12H18N2O2S. The summed E-state index contributed by atoms with van der Waals surface area (Å²) in [4.78, 5) is 2.44. The fourth-order valence-electron chi connectivity index (χ4n) is 2.47. The van der Waals surface area contributed by atoms with E-state index in [-0.39, 0.29) is 11.8 Å². The molecule has 2 rings (SSSR count). The molecule has 1 aliphatic rings. The lowest BCUT2D eigenvalue weighted by atomic mass is 10.1. The summed E-state index contributed by atoms with van der Waals surface area (Å²) in [6.45, 7) is 4.21. The fourth-order valence-corrected chi connectivity index (χ4v) is 4.48. The third-order valence-electron chi connectivity index (χ3n) is 3.33. The Kier molecular flexibility index (Phi) is 2.91. The number of rotatable bonds is 1. The zero-order valence-corrected chi connectivity index (χ0v) is 11.2. The lowest BCUT2D eigenvalue weighted by Crippen LogP contribution is -2.47. The van der Waals surface area contributed by atoms with Crippen LogP contribution in [0.15, 0.2) is 17.0 Å². The maximum atomic E-state index is 12.2. The minimum atomic E-state index is -3.20. The molecule has 94 valence electrons. The monoisotopic (exact) mass is 254 g/mol. The first-order valence-corrected chi connectivity index (χ1v) is 7.29. The van der Waals surface area contributed by atoms with Crippen LogP contribution >= 0.6 is 0 Å². The first-order valence-electron chi connectivity index (χ1n) is 5.63. The van der Waals surface area contributed by atoms with Crippen molar-refractivity contribution in [1.82, 2.24) is 0 Å². The van der Waals surface area contributed by atoms with E-state index < -0.39 is 9.84 Å². The predicted molar refractivity (Wildman–Crippen MR) is 69.2 cm³/mol. The van der Waals surface area contributed by atoms with Crippen LogP contribution in [0.5, 0.6) is 0 Å². The Hall–Kier alpha value is -1.07. The maximum absolute atomic E-state index is 12.2. The van der Waals surface area contributed by atoms with E-state index in [2.05, 4.69) is 0 Å². The molecule has 5 heteroatoms. The second-order valence-corrected chi connectivity index (χ2v) is 6.71. The molecule has 1 heterocycles. The van der Waals surface area contributed by atoms with Gasteiger partial charge < -0.3 is 10.6 Å². The van der Waals surface area contributed by atoms with Crippen molar-refractivity contribution in [2.75, 3.05) is 24.2 Å². The third-order valence-corrected chi connectivity index (χ3v) is 5.13. The molecule has 1 atom stereocenters. The number of nitrogens with zero attached hydrogens (tertiary/aromatic N) is 1. The topological polar surface area (TPSA) is 63.4 Å². The number of hydrogen-bond donors (Lipinski definition) is 1. The van der Waals surface area contributed by atoms with Crippen LogP contribution in [-0.4, -0.2) is 33.8 Å². The molecule has 1 aromatic carbocycles. The van der Waals surface area contributed by atoms with Crippen molar-refractivity contribution in [1.29, 1.82) is 0 Å². The summed E-state index contributed by atoms with van der Waals surface area (Å²) in [6, 6.07) is 3.62. The van der Waals surface area contributed by atoms with Gasteiger partial charge in [0.2, 0.25) is 0 Å². The molecule has 1 aliphatic heterocycles. The van der Waals surface area contributed by atoms with Crippen LogP contribution in [-0.2, 0) is 9.84 Å². The summed E-state index contributed by atoms with van der Waals surface area (Å²) >= 11 is 0. The molecule has 4 nitrogen and oxygen atoms in total. The lowest BCUT2D eigenvalue weighted by Gasteiger charge is -2.36. The van der Waals surface area contributed by atoms with Gasteiger partial charge in [0.05, 0.1) is 22.4 Å². The van der Waals surface area contributed by atoms with Gasteiger partial charge in [-0.05, 0) is 31.0 Å². The molecule has 17 heavy (non-hydrogen) atoms. The summed E-state index contributed by atoms with van der Waals surface area (Å²) in [5.74, 6) is 0.107. The van der Waals surface area contributed by atoms with Crippen molar-refractivity contribution in [3.8, 4) is 0 Å². The normalized spacial score (nSPS) is 22.4. The molecule has 1 unspecified atom stereocenters. The molecule has 0 aromatic heterocycles. The smallest absolute Gasteiger partial charge is 0.182 e. The molecule has 2 N–H and O–H groups in total. The molecule has 0 saturated heterocycles. The standard InChI is InChI=1S/C12H18N2O2S/c1-8-4-9(2)12-11(5-8)17(15,16)7-10(6-13)14(12)3/h4-5,10H,6-7,13H2,1-3H3. The van der Waals surface area contributed by atoms with E-state index in [0.717, 1.165) is 16.8 Å². The highest BCUT2D eigenvalue weighted by Crippen LogP contribution is 2.35. The molecule has 0 spiro atoms. The second kappa shape index (κ2) is 3.99. The molecule has 0 amide bonds. The summed E-state index contributed by atoms with van der Waals surface area (Å²) in [5, 5.41) is 0. The van der Waals surface area contributed by atoms with Gasteiger partial charge in [-0.3, -0.25) is 0 Å². The highest BCUT2D eigenvalue weighted by atomic mass is 32.2. The zero-order chi connectivity index (χ0) is 12.8. The van der Waals surface area contributed by atoms with E-state index in [1.165, 1.54) is 0 Å². The number of benzene rings is 1. The van der Waals surface area contributed by atoms with Gasteiger partial charge in [0.25, 0.3) is 0 Å². The van der Waals surface area contributed by atoms with Gasteiger partial charge in [0.15, 0.2) is 9.84 Å². The maximum Gasteiger partial charge on any atom is 0.182 e. The predicted octanol–water partition coefficient (Wildman–Crippen LogP) is 0.854. The van der Waals surface area contributed by atoms with Crippen molar-refractivity contribution >= 4 is 15.5 Å². The van der Waals surface area contributed by atoms with Crippen molar-refractivity contribution in [2.24, 2.45) is 5.73 Å². The Morgan fingerprint density at radius 2 is 2.06 bits per heavy atom. The van der Waals surface area contributed by atoms with Crippen molar-refractivity contribution in [2.45, 2.75) is 24.8 Å². The van der Waals surface area contributed by atoms with Crippen LogP contribution in [0.3, 0.4) is 0 Å². The van der Waals surface area contributed by atoms with Crippen LogP contribution in [0.25, 0.3) is 0 Å². The van der Waals surface area contributed by atoms with E-state index in [0.29, 0.717) is 11.4 Å². The van der Waals surface area contributed by atoms with Gasteiger partial charge in [0, 0.05) is 13.6 Å². The number of aryl methyl sites for hydroxylation is 2. The summed E-state index contributed by atoms with van der Waals surface area (Å²) < 4.78 is 24.4. The third kappa shape index (κ3) is 1.93. The Balaban J connectivity index is 2.72. The van der Waals surface area contributed by atoms with E-state index >= 15 is 0 Å². The average Bonchev–Trinajstić information content (AvgIpc) is 2.22. The van der Waals surface area contributed by atoms with Gasteiger partial charge in [-0.1, -0.05) is 6.07 Å². The molecule has 0 fully saturated rings. The summed E-state index contributed by atoms with van der Waals surface area (Å²) in [6.07, 6.45) is 0. The van der Waals surface area contributed by atoms with E-state index in [4.69, 9.17) is 5.73 Å². The fraction of sp³-hybridized carbons (Fsp3) is 0.500. The van der Waals surface area contributed by atoms with Crippen molar-refractivity contribution < 1.29 is 8.42 Å². The van der Waals surface area contributed by atoms with E-state index in [1.807, 2.05) is 31.9 Å². The van der Waals surface area contributed by atoms with E-state index in [1.54, 1.807) is 6.07 Å². The summed E-state index contributed by atoms with van der Waals surface area (Å²) in [7, 11) is -1.29. The molecule has 1 aromatic rings. The zero-order valence-electron chi connectivity index (χ0n) is 10.4. The Morgan fingerprint density at radius 3 is 2.65 bits per heavy atom. The number of hydrogen-bond acceptors (Lipinski definition) is 4. The molecule has 0 aliphatic carbocycles. The van der Waals surface area contributed by atoms with Gasteiger partial charge in [0.1, 0.15) is 0 Å². The van der Waals surface area contributed by atoms with Gasteiger partial charge in [-0.25, -0.2) is 8.42 Å².